The van der Waals surface area contributed by atoms with Crippen LogP contribution in [0.25, 0.3) is 0 Å². The molecule has 0 aromatic carbocycles. The molecule has 24 heavy (non-hydrogen) atoms. The van der Waals surface area contributed by atoms with Crippen molar-refractivity contribution in [2.75, 3.05) is 52.2 Å². The van der Waals surface area contributed by atoms with Crippen LogP contribution in [0.4, 0.5) is 0 Å². The van der Waals surface area contributed by atoms with Gasteiger partial charge in [0.05, 0.1) is 12.4 Å². The van der Waals surface area contributed by atoms with Crippen molar-refractivity contribution in [2.45, 2.75) is 32.6 Å². The van der Waals surface area contributed by atoms with Crippen molar-refractivity contribution in [1.29, 1.82) is 0 Å². The summed E-state index contributed by atoms with van der Waals surface area (Å²) >= 11 is 0. The Morgan fingerprint density at radius 3 is 2.71 bits per heavy atom. The summed E-state index contributed by atoms with van der Waals surface area (Å²) in [4.78, 5) is 6.46. The molecule has 2 rings (SSSR count). The van der Waals surface area contributed by atoms with Gasteiger partial charge in [0.1, 0.15) is 0 Å². The fourth-order valence-corrected chi connectivity index (χ4v) is 4.09. The average molecular weight is 361 g/mol. The number of ether oxygens (including phenoxy) is 1. The number of sulfonamides is 1. The van der Waals surface area contributed by atoms with E-state index >= 15 is 0 Å². The highest BCUT2D eigenvalue weighted by atomic mass is 32.2. The highest BCUT2D eigenvalue weighted by Crippen LogP contribution is 2.25. The van der Waals surface area contributed by atoms with Gasteiger partial charge in [-0.3, -0.25) is 4.99 Å². The van der Waals surface area contributed by atoms with Crippen LogP contribution >= 0.6 is 0 Å². The Labute approximate surface area is 146 Å². The molecule has 2 aliphatic rings. The molecule has 8 heteroatoms. The van der Waals surface area contributed by atoms with Gasteiger partial charge in [0.2, 0.25) is 10.0 Å². The predicted molar refractivity (Wildman–Crippen MR) is 96.7 cm³/mol. The van der Waals surface area contributed by atoms with Crippen LogP contribution < -0.4 is 10.0 Å². The maximum absolute atomic E-state index is 12.0. The van der Waals surface area contributed by atoms with Gasteiger partial charge in [0.25, 0.3) is 0 Å². The molecule has 1 heterocycles. The Balaban J connectivity index is 1.67. The largest absolute Gasteiger partial charge is 0.381 e. The molecular formula is C16H32N4O3S. The van der Waals surface area contributed by atoms with Crippen LogP contribution in [-0.4, -0.2) is 71.5 Å². The fraction of sp³-hybridized carbons (Fsp3) is 0.938. The molecular weight excluding hydrogens is 328 g/mol. The van der Waals surface area contributed by atoms with Crippen LogP contribution in [0.5, 0.6) is 0 Å². The van der Waals surface area contributed by atoms with Crippen LogP contribution in [0.15, 0.2) is 4.99 Å². The molecule has 7 nitrogen and oxygen atoms in total. The van der Waals surface area contributed by atoms with Gasteiger partial charge in [0, 0.05) is 45.8 Å². The van der Waals surface area contributed by atoms with Gasteiger partial charge in [0.15, 0.2) is 5.96 Å². The minimum Gasteiger partial charge on any atom is -0.381 e. The number of nitrogens with zero attached hydrogens (tertiary/aromatic N) is 2. The summed E-state index contributed by atoms with van der Waals surface area (Å²) in [7, 11) is -1.47. The molecule has 2 N–H and O–H groups in total. The third-order valence-corrected chi connectivity index (χ3v) is 6.17. The lowest BCUT2D eigenvalue weighted by molar-refractivity contribution is 0.114. The quantitative estimate of drug-likeness (QED) is 0.466. The second kappa shape index (κ2) is 9.58. The van der Waals surface area contributed by atoms with Gasteiger partial charge in [-0.1, -0.05) is 6.42 Å². The first-order chi connectivity index (χ1) is 11.5. The standard InChI is InChI=1S/C16H32N4O3S/c1-3-23-13-15-7-9-20(12-15)16(17-2)18-8-10-24(21,22)19-11-14-5-4-6-14/h14-15,19H,3-13H2,1-2H3,(H,17,18). The zero-order valence-corrected chi connectivity index (χ0v) is 15.8. The van der Waals surface area contributed by atoms with Crippen molar-refractivity contribution >= 4 is 16.0 Å². The second-order valence-electron chi connectivity index (χ2n) is 6.70. The molecule has 0 aromatic rings. The predicted octanol–water partition coefficient (Wildman–Crippen LogP) is 0.640. The SMILES string of the molecule is CCOCC1CCN(C(=NC)NCCS(=O)(=O)NCC2CCC2)C1. The number of rotatable bonds is 9. The van der Waals surface area contributed by atoms with Crippen LogP contribution in [0.1, 0.15) is 32.6 Å². The van der Waals surface area contributed by atoms with E-state index in [2.05, 4.69) is 19.9 Å². The van der Waals surface area contributed by atoms with E-state index in [1.165, 1.54) is 6.42 Å². The third-order valence-electron chi connectivity index (χ3n) is 4.83. The molecule has 1 aliphatic heterocycles. The lowest BCUT2D eigenvalue weighted by atomic mass is 9.86. The first-order valence-electron chi connectivity index (χ1n) is 9.04. The van der Waals surface area contributed by atoms with Crippen molar-refractivity contribution < 1.29 is 13.2 Å². The van der Waals surface area contributed by atoms with Crippen molar-refractivity contribution in [3.63, 3.8) is 0 Å². The van der Waals surface area contributed by atoms with Gasteiger partial charge < -0.3 is 15.0 Å². The summed E-state index contributed by atoms with van der Waals surface area (Å²) in [6, 6.07) is 0. The summed E-state index contributed by atoms with van der Waals surface area (Å²) in [6.07, 6.45) is 4.60. The van der Waals surface area contributed by atoms with Gasteiger partial charge in [-0.2, -0.15) is 0 Å². The summed E-state index contributed by atoms with van der Waals surface area (Å²) in [5, 5.41) is 3.18. The average Bonchev–Trinajstić information content (AvgIpc) is 2.96. The van der Waals surface area contributed by atoms with Gasteiger partial charge in [-0.05, 0) is 32.1 Å². The third kappa shape index (κ3) is 6.22. The van der Waals surface area contributed by atoms with Crippen molar-refractivity contribution in [1.82, 2.24) is 14.9 Å². The van der Waals surface area contributed by atoms with Gasteiger partial charge in [-0.15, -0.1) is 0 Å². The van der Waals surface area contributed by atoms with Crippen molar-refractivity contribution in [3.05, 3.63) is 0 Å². The van der Waals surface area contributed by atoms with Crippen LogP contribution in [0.3, 0.4) is 0 Å². The number of hydrogen-bond acceptors (Lipinski definition) is 4. The summed E-state index contributed by atoms with van der Waals surface area (Å²) in [5.41, 5.74) is 0. The molecule has 1 saturated carbocycles. The number of hydrogen-bond donors (Lipinski definition) is 2. The molecule has 1 atom stereocenters. The molecule has 2 fully saturated rings. The number of guanidine groups is 1. The molecule has 1 saturated heterocycles. The number of likely N-dealkylation sites (tertiary alicyclic amines) is 1. The Kier molecular flexibility index (Phi) is 7.77. The smallest absolute Gasteiger partial charge is 0.213 e. The van der Waals surface area contributed by atoms with Gasteiger partial charge >= 0.3 is 0 Å². The van der Waals surface area contributed by atoms with Crippen LogP contribution in [-0.2, 0) is 14.8 Å². The fourth-order valence-electron chi connectivity index (χ4n) is 3.09. The van der Waals surface area contributed by atoms with E-state index in [4.69, 9.17) is 4.74 Å². The first-order valence-corrected chi connectivity index (χ1v) is 10.7. The van der Waals surface area contributed by atoms with E-state index < -0.39 is 10.0 Å². The Hall–Kier alpha value is -0.860. The monoisotopic (exact) mass is 360 g/mol. The molecule has 1 unspecified atom stereocenters. The van der Waals surface area contributed by atoms with Crippen LogP contribution in [0, 0.1) is 11.8 Å². The zero-order valence-electron chi connectivity index (χ0n) is 15.0. The van der Waals surface area contributed by atoms with Crippen LogP contribution in [0.2, 0.25) is 0 Å². The molecule has 0 bridgehead atoms. The Bertz CT molecular complexity index is 505. The van der Waals surface area contributed by atoms with Crippen molar-refractivity contribution in [3.8, 4) is 0 Å². The molecule has 0 amide bonds. The number of aliphatic imine (C=N–C) groups is 1. The van der Waals surface area contributed by atoms with E-state index in [9.17, 15) is 8.42 Å². The molecule has 1 aliphatic carbocycles. The first kappa shape index (κ1) is 19.5. The van der Waals surface area contributed by atoms with E-state index in [1.807, 2.05) is 6.92 Å². The normalized spacial score (nSPS) is 22.7. The number of nitrogens with one attached hydrogen (secondary N) is 2. The molecule has 140 valence electrons. The van der Waals surface area contributed by atoms with E-state index in [0.29, 0.717) is 24.9 Å². The maximum Gasteiger partial charge on any atom is 0.213 e. The topological polar surface area (TPSA) is 83.0 Å². The Morgan fingerprint density at radius 2 is 2.08 bits per heavy atom. The molecule has 0 spiro atoms. The second-order valence-corrected chi connectivity index (χ2v) is 8.62. The van der Waals surface area contributed by atoms with Crippen molar-refractivity contribution in [2.24, 2.45) is 16.8 Å². The van der Waals surface area contributed by atoms with E-state index in [0.717, 1.165) is 51.5 Å². The summed E-state index contributed by atoms with van der Waals surface area (Å²) in [6.45, 7) is 6.34. The lowest BCUT2D eigenvalue weighted by Gasteiger charge is -2.25. The van der Waals surface area contributed by atoms with E-state index in [1.54, 1.807) is 7.05 Å². The molecule has 0 aromatic heterocycles. The highest BCUT2D eigenvalue weighted by Gasteiger charge is 2.25. The maximum atomic E-state index is 12.0. The van der Waals surface area contributed by atoms with Gasteiger partial charge in [-0.25, -0.2) is 13.1 Å². The zero-order chi connectivity index (χ0) is 17.4. The summed E-state index contributed by atoms with van der Waals surface area (Å²) in [5.74, 6) is 1.92. The Morgan fingerprint density at radius 1 is 1.29 bits per heavy atom. The summed E-state index contributed by atoms with van der Waals surface area (Å²) < 4.78 is 32.2. The lowest BCUT2D eigenvalue weighted by Crippen LogP contribution is -2.43. The highest BCUT2D eigenvalue weighted by molar-refractivity contribution is 7.89. The minimum absolute atomic E-state index is 0.0783. The minimum atomic E-state index is -3.21. The molecule has 0 radical (unpaired) electrons. The van der Waals surface area contributed by atoms with E-state index in [-0.39, 0.29) is 5.75 Å².